The second-order valence-corrected chi connectivity index (χ2v) is 9.56. The Morgan fingerprint density at radius 1 is 1.29 bits per heavy atom. The Labute approximate surface area is 166 Å². The van der Waals surface area contributed by atoms with Gasteiger partial charge in [0.05, 0.1) is 12.5 Å². The van der Waals surface area contributed by atoms with Gasteiger partial charge in [0, 0.05) is 6.42 Å². The number of hydrogen-bond acceptors (Lipinski definition) is 3. The molecule has 2 bridgehead atoms. The number of carbonyl (C=O) groups excluding carboxylic acids is 1. The standard InChI is InChI=1S/C24H29FO3/c1-15-10-16(4-7-21(15)25)19-13-23(2)8-9-24(3,14-23)20(19)6-5-18-11-17(26)12-22(27)28-18/h4-7,10,17-18,26H,8-9,11-14H2,1-3H3/t17?,18?,23-,24+/m1/s1. The lowest BCUT2D eigenvalue weighted by Gasteiger charge is -2.39. The zero-order valence-electron chi connectivity index (χ0n) is 16.9. The second-order valence-electron chi connectivity index (χ2n) is 9.56. The van der Waals surface area contributed by atoms with Gasteiger partial charge in [-0.2, -0.15) is 0 Å². The number of hydrogen-bond donors (Lipinski definition) is 1. The van der Waals surface area contributed by atoms with Crippen molar-refractivity contribution in [3.63, 3.8) is 0 Å². The molecule has 1 saturated heterocycles. The van der Waals surface area contributed by atoms with Crippen molar-refractivity contribution in [2.75, 3.05) is 0 Å². The maximum Gasteiger partial charge on any atom is 0.309 e. The maximum absolute atomic E-state index is 13.8. The molecule has 28 heavy (non-hydrogen) atoms. The number of benzene rings is 1. The molecule has 1 aromatic rings. The number of allylic oxidation sites excluding steroid dienone is 3. The van der Waals surface area contributed by atoms with Crippen molar-refractivity contribution in [1.82, 2.24) is 0 Å². The van der Waals surface area contributed by atoms with Gasteiger partial charge < -0.3 is 9.84 Å². The summed E-state index contributed by atoms with van der Waals surface area (Å²) in [6.45, 7) is 6.47. The zero-order valence-corrected chi connectivity index (χ0v) is 16.9. The van der Waals surface area contributed by atoms with Gasteiger partial charge in [-0.3, -0.25) is 4.79 Å². The first-order valence-corrected chi connectivity index (χ1v) is 10.2. The molecule has 4 heteroatoms. The average molecular weight is 384 g/mol. The van der Waals surface area contributed by atoms with Crippen molar-refractivity contribution in [1.29, 1.82) is 0 Å². The van der Waals surface area contributed by atoms with Crippen LogP contribution in [-0.4, -0.2) is 23.3 Å². The highest BCUT2D eigenvalue weighted by molar-refractivity contribution is 5.75. The molecule has 0 amide bonds. The Balaban J connectivity index is 1.75. The third kappa shape index (κ3) is 3.55. The average Bonchev–Trinajstić information content (AvgIpc) is 2.86. The van der Waals surface area contributed by atoms with Crippen molar-refractivity contribution < 1.29 is 19.0 Å². The molecule has 2 fully saturated rings. The number of cyclic esters (lactones) is 1. The number of ether oxygens (including phenoxy) is 1. The molecule has 1 aliphatic heterocycles. The van der Waals surface area contributed by atoms with Gasteiger partial charge in [-0.05, 0) is 83.9 Å². The third-order valence-corrected chi connectivity index (χ3v) is 6.85. The summed E-state index contributed by atoms with van der Waals surface area (Å²) < 4.78 is 19.2. The lowest BCUT2D eigenvalue weighted by atomic mass is 9.66. The number of aliphatic hydroxyl groups excluding tert-OH is 1. The summed E-state index contributed by atoms with van der Waals surface area (Å²) in [7, 11) is 0. The molecule has 2 unspecified atom stereocenters. The number of aryl methyl sites for hydroxylation is 1. The van der Waals surface area contributed by atoms with Crippen LogP contribution in [0.15, 0.2) is 35.9 Å². The van der Waals surface area contributed by atoms with Gasteiger partial charge in [0.1, 0.15) is 11.9 Å². The number of halogens is 1. The first kappa shape index (κ1) is 19.4. The van der Waals surface area contributed by atoms with Crippen LogP contribution in [-0.2, 0) is 9.53 Å². The highest BCUT2D eigenvalue weighted by atomic mass is 19.1. The molecule has 150 valence electrons. The minimum atomic E-state index is -0.638. The molecule has 4 rings (SSSR count). The molecule has 3 nitrogen and oxygen atoms in total. The van der Waals surface area contributed by atoms with Gasteiger partial charge in [-0.15, -0.1) is 0 Å². The summed E-state index contributed by atoms with van der Waals surface area (Å²) in [6, 6.07) is 5.38. The molecule has 0 aromatic heterocycles. The fourth-order valence-corrected chi connectivity index (χ4v) is 5.49. The van der Waals surface area contributed by atoms with E-state index >= 15 is 0 Å². The summed E-state index contributed by atoms with van der Waals surface area (Å²) in [5, 5.41) is 9.88. The van der Waals surface area contributed by atoms with E-state index in [-0.39, 0.29) is 29.0 Å². The predicted octanol–water partition coefficient (Wildman–Crippen LogP) is 5.11. The molecule has 1 aromatic carbocycles. The van der Waals surface area contributed by atoms with Crippen molar-refractivity contribution in [3.8, 4) is 0 Å². The van der Waals surface area contributed by atoms with Gasteiger partial charge in [0.2, 0.25) is 0 Å². The summed E-state index contributed by atoms with van der Waals surface area (Å²) in [4.78, 5) is 11.7. The number of fused-ring (bicyclic) bond motifs is 2. The van der Waals surface area contributed by atoms with Crippen molar-refractivity contribution in [2.24, 2.45) is 10.8 Å². The molecule has 2 aliphatic carbocycles. The smallest absolute Gasteiger partial charge is 0.309 e. The van der Waals surface area contributed by atoms with Crippen LogP contribution >= 0.6 is 0 Å². The largest absolute Gasteiger partial charge is 0.458 e. The highest BCUT2D eigenvalue weighted by Crippen LogP contribution is 2.62. The minimum Gasteiger partial charge on any atom is -0.458 e. The molecule has 1 N–H and O–H groups in total. The topological polar surface area (TPSA) is 46.5 Å². The summed E-state index contributed by atoms with van der Waals surface area (Å²) in [5.74, 6) is -0.527. The van der Waals surface area contributed by atoms with Gasteiger partial charge >= 0.3 is 5.97 Å². The SMILES string of the molecule is Cc1cc(C2=C(C=CC3CC(O)CC(=O)O3)[C@@]3(C)CC[C@](C)(C2)C3)ccc1F. The molecule has 4 atom stereocenters. The van der Waals surface area contributed by atoms with Crippen LogP contribution in [0.25, 0.3) is 5.57 Å². The number of aliphatic hydroxyl groups is 1. The van der Waals surface area contributed by atoms with Crippen LogP contribution in [0.4, 0.5) is 4.39 Å². The quantitative estimate of drug-likeness (QED) is 0.737. The first-order valence-electron chi connectivity index (χ1n) is 10.2. The van der Waals surface area contributed by atoms with Crippen LogP contribution in [0.3, 0.4) is 0 Å². The van der Waals surface area contributed by atoms with E-state index in [9.17, 15) is 14.3 Å². The second kappa shape index (κ2) is 6.84. The summed E-state index contributed by atoms with van der Waals surface area (Å²) >= 11 is 0. The van der Waals surface area contributed by atoms with Crippen molar-refractivity contribution in [2.45, 2.75) is 71.5 Å². The van der Waals surface area contributed by atoms with Crippen LogP contribution in [0.5, 0.6) is 0 Å². The number of rotatable bonds is 3. The van der Waals surface area contributed by atoms with Gasteiger partial charge in [0.15, 0.2) is 0 Å². The molecule has 1 heterocycles. The fraction of sp³-hybridized carbons (Fsp3) is 0.542. The Hall–Kier alpha value is -1.94. The minimum absolute atomic E-state index is 0.0679. The van der Waals surface area contributed by atoms with Gasteiger partial charge in [-0.25, -0.2) is 4.39 Å². The molecule has 1 saturated carbocycles. The number of carbonyl (C=O) groups is 1. The predicted molar refractivity (Wildman–Crippen MR) is 107 cm³/mol. The van der Waals surface area contributed by atoms with E-state index in [0.717, 1.165) is 24.8 Å². The summed E-state index contributed by atoms with van der Waals surface area (Å²) in [6.07, 6.45) is 7.93. The molecular weight excluding hydrogens is 355 g/mol. The Morgan fingerprint density at radius 2 is 2.07 bits per heavy atom. The first-order chi connectivity index (χ1) is 13.2. The third-order valence-electron chi connectivity index (χ3n) is 6.85. The maximum atomic E-state index is 13.8. The van der Waals surface area contributed by atoms with E-state index in [1.54, 1.807) is 13.0 Å². The van der Waals surface area contributed by atoms with Crippen LogP contribution in [0.1, 0.15) is 63.5 Å². The Bertz CT molecular complexity index is 871. The number of esters is 1. The highest BCUT2D eigenvalue weighted by Gasteiger charge is 2.49. The van der Waals surface area contributed by atoms with Crippen LogP contribution in [0, 0.1) is 23.6 Å². The molecule has 0 radical (unpaired) electrons. The monoisotopic (exact) mass is 384 g/mol. The Morgan fingerprint density at radius 3 is 2.79 bits per heavy atom. The van der Waals surface area contributed by atoms with E-state index in [2.05, 4.69) is 19.9 Å². The summed E-state index contributed by atoms with van der Waals surface area (Å²) in [5.41, 5.74) is 4.62. The van der Waals surface area contributed by atoms with E-state index in [1.165, 1.54) is 17.6 Å². The fourth-order valence-electron chi connectivity index (χ4n) is 5.49. The lowest BCUT2D eigenvalue weighted by Crippen LogP contribution is -2.31. The van der Waals surface area contributed by atoms with E-state index < -0.39 is 12.2 Å². The van der Waals surface area contributed by atoms with Crippen molar-refractivity contribution >= 4 is 11.5 Å². The van der Waals surface area contributed by atoms with E-state index in [4.69, 9.17) is 4.74 Å². The van der Waals surface area contributed by atoms with Crippen LogP contribution < -0.4 is 0 Å². The van der Waals surface area contributed by atoms with Gasteiger partial charge in [-0.1, -0.05) is 26.0 Å². The normalized spacial score (nSPS) is 35.5. The molecule has 3 aliphatic rings. The van der Waals surface area contributed by atoms with Crippen LogP contribution in [0.2, 0.25) is 0 Å². The van der Waals surface area contributed by atoms with Crippen molar-refractivity contribution in [3.05, 3.63) is 52.9 Å². The van der Waals surface area contributed by atoms with E-state index in [1.807, 2.05) is 18.2 Å². The van der Waals surface area contributed by atoms with E-state index in [0.29, 0.717) is 12.0 Å². The zero-order chi connectivity index (χ0) is 20.1. The molecule has 0 spiro atoms. The lowest BCUT2D eigenvalue weighted by molar-refractivity contribution is -0.156. The van der Waals surface area contributed by atoms with Gasteiger partial charge in [0.25, 0.3) is 0 Å². The Kier molecular flexibility index (Phi) is 4.73. The molecular formula is C24H29FO3.